The number of nitrogens with two attached hydrogens (primary N) is 1. The second kappa shape index (κ2) is 7.37. The fraction of sp³-hybridized carbons (Fsp3) is 0.562. The van der Waals surface area contributed by atoms with Gasteiger partial charge in [-0.2, -0.15) is 5.26 Å². The fourth-order valence-corrected chi connectivity index (χ4v) is 2.89. The molecule has 0 saturated heterocycles. The lowest BCUT2D eigenvalue weighted by Crippen LogP contribution is -2.29. The zero-order valence-corrected chi connectivity index (χ0v) is 11.6. The van der Waals surface area contributed by atoms with E-state index in [9.17, 15) is 4.39 Å². The first-order valence-electron chi connectivity index (χ1n) is 7.21. The molecule has 2 atom stereocenters. The Bertz CT molecular complexity index is 484. The van der Waals surface area contributed by atoms with Crippen molar-refractivity contribution in [2.24, 2.45) is 17.6 Å². The lowest BCUT2D eigenvalue weighted by molar-refractivity contribution is 0.0499. The number of hydrogen-bond donors (Lipinski definition) is 1. The van der Waals surface area contributed by atoms with Crippen LogP contribution in [-0.4, -0.2) is 13.2 Å². The van der Waals surface area contributed by atoms with Gasteiger partial charge in [-0.1, -0.05) is 12.8 Å². The van der Waals surface area contributed by atoms with Gasteiger partial charge in [0, 0.05) is 5.56 Å². The van der Waals surface area contributed by atoms with Crippen molar-refractivity contribution in [3.05, 3.63) is 35.1 Å². The molecule has 108 valence electrons. The summed E-state index contributed by atoms with van der Waals surface area (Å²) in [6.07, 6.45) is 4.78. The molecule has 1 aliphatic carbocycles. The normalized spacial score (nSPS) is 22.4. The third-order valence-corrected chi connectivity index (χ3v) is 4.13. The first-order valence-corrected chi connectivity index (χ1v) is 7.21. The number of nitrogens with zero attached hydrogens (tertiary/aromatic N) is 1. The van der Waals surface area contributed by atoms with E-state index >= 15 is 0 Å². The fourth-order valence-electron chi connectivity index (χ4n) is 2.89. The Morgan fingerprint density at radius 1 is 1.30 bits per heavy atom. The van der Waals surface area contributed by atoms with Crippen molar-refractivity contribution in [3.63, 3.8) is 0 Å². The number of hydrogen-bond acceptors (Lipinski definition) is 3. The summed E-state index contributed by atoms with van der Waals surface area (Å²) in [6.45, 7) is 1.54. The second-order valence-corrected chi connectivity index (χ2v) is 5.47. The van der Waals surface area contributed by atoms with Crippen LogP contribution in [0.1, 0.15) is 36.8 Å². The topological polar surface area (TPSA) is 59.0 Å². The van der Waals surface area contributed by atoms with Crippen molar-refractivity contribution >= 4 is 0 Å². The zero-order chi connectivity index (χ0) is 14.4. The van der Waals surface area contributed by atoms with Crippen LogP contribution in [0.15, 0.2) is 18.2 Å². The van der Waals surface area contributed by atoms with Crippen molar-refractivity contribution < 1.29 is 9.13 Å². The molecule has 1 saturated carbocycles. The molecule has 2 N–H and O–H groups in total. The van der Waals surface area contributed by atoms with Crippen LogP contribution in [0.3, 0.4) is 0 Å². The Kier molecular flexibility index (Phi) is 5.51. The number of rotatable bonds is 5. The Hall–Kier alpha value is -1.44. The molecule has 1 fully saturated rings. The van der Waals surface area contributed by atoms with E-state index in [-0.39, 0.29) is 12.4 Å². The molecule has 3 nitrogen and oxygen atoms in total. The molecule has 0 spiro atoms. The van der Waals surface area contributed by atoms with Gasteiger partial charge < -0.3 is 10.5 Å². The number of halogens is 1. The van der Waals surface area contributed by atoms with Gasteiger partial charge in [-0.15, -0.1) is 0 Å². The average molecular weight is 276 g/mol. The highest BCUT2D eigenvalue weighted by molar-refractivity contribution is 5.33. The number of nitriles is 1. The van der Waals surface area contributed by atoms with E-state index in [1.807, 2.05) is 6.07 Å². The smallest absolute Gasteiger partial charge is 0.128 e. The summed E-state index contributed by atoms with van der Waals surface area (Å²) >= 11 is 0. The third-order valence-electron chi connectivity index (χ3n) is 4.13. The predicted molar refractivity (Wildman–Crippen MR) is 75.3 cm³/mol. The Morgan fingerprint density at radius 2 is 2.05 bits per heavy atom. The molecule has 2 rings (SSSR count). The van der Waals surface area contributed by atoms with Crippen LogP contribution in [0.2, 0.25) is 0 Å². The summed E-state index contributed by atoms with van der Waals surface area (Å²) in [7, 11) is 0. The molecule has 0 amide bonds. The van der Waals surface area contributed by atoms with E-state index in [0.29, 0.717) is 36.1 Å². The van der Waals surface area contributed by atoms with Crippen LogP contribution < -0.4 is 5.73 Å². The van der Waals surface area contributed by atoms with Crippen molar-refractivity contribution in [1.82, 2.24) is 0 Å². The van der Waals surface area contributed by atoms with Crippen LogP contribution >= 0.6 is 0 Å². The van der Waals surface area contributed by atoms with Gasteiger partial charge in [0.1, 0.15) is 5.82 Å². The van der Waals surface area contributed by atoms with Gasteiger partial charge in [-0.05, 0) is 49.4 Å². The Morgan fingerprint density at radius 3 is 2.75 bits per heavy atom. The van der Waals surface area contributed by atoms with E-state index in [2.05, 4.69) is 0 Å². The van der Waals surface area contributed by atoms with Gasteiger partial charge in [0.05, 0.1) is 24.8 Å². The molecule has 1 aromatic rings. The predicted octanol–water partition coefficient (Wildman–Crippen LogP) is 2.98. The van der Waals surface area contributed by atoms with E-state index in [1.54, 1.807) is 6.07 Å². The molecular formula is C16H21FN2O. The van der Waals surface area contributed by atoms with Gasteiger partial charge in [-0.3, -0.25) is 0 Å². The minimum Gasteiger partial charge on any atom is -0.376 e. The summed E-state index contributed by atoms with van der Waals surface area (Å²) in [6, 6.07) is 6.36. The summed E-state index contributed by atoms with van der Waals surface area (Å²) < 4.78 is 19.3. The quantitative estimate of drug-likeness (QED) is 0.899. The van der Waals surface area contributed by atoms with E-state index < -0.39 is 0 Å². The van der Waals surface area contributed by atoms with Crippen LogP contribution in [0.25, 0.3) is 0 Å². The van der Waals surface area contributed by atoms with Crippen LogP contribution in [0.4, 0.5) is 4.39 Å². The highest BCUT2D eigenvalue weighted by Crippen LogP contribution is 2.29. The monoisotopic (exact) mass is 276 g/mol. The van der Waals surface area contributed by atoms with Crippen molar-refractivity contribution in [3.8, 4) is 6.07 Å². The minimum atomic E-state index is -0.317. The number of benzene rings is 1. The van der Waals surface area contributed by atoms with Gasteiger partial charge in [0.15, 0.2) is 0 Å². The molecule has 20 heavy (non-hydrogen) atoms. The van der Waals surface area contributed by atoms with Crippen molar-refractivity contribution in [2.75, 3.05) is 13.2 Å². The first-order chi connectivity index (χ1) is 9.74. The van der Waals surface area contributed by atoms with Crippen molar-refractivity contribution in [2.45, 2.75) is 32.3 Å². The lowest BCUT2D eigenvalue weighted by atomic mass is 9.80. The molecule has 2 unspecified atom stereocenters. The lowest BCUT2D eigenvalue weighted by Gasteiger charge is -2.30. The zero-order valence-electron chi connectivity index (χ0n) is 11.6. The van der Waals surface area contributed by atoms with Gasteiger partial charge in [0.25, 0.3) is 0 Å². The third kappa shape index (κ3) is 3.78. The van der Waals surface area contributed by atoms with Crippen LogP contribution in [0.5, 0.6) is 0 Å². The highest BCUT2D eigenvalue weighted by Gasteiger charge is 2.24. The Labute approximate surface area is 119 Å². The van der Waals surface area contributed by atoms with E-state index in [0.717, 1.165) is 6.42 Å². The molecule has 0 aliphatic heterocycles. The van der Waals surface area contributed by atoms with Crippen LogP contribution in [0, 0.1) is 29.0 Å². The molecule has 4 heteroatoms. The summed E-state index contributed by atoms with van der Waals surface area (Å²) in [5.74, 6) is 0.693. The Balaban J connectivity index is 1.87. The molecule has 0 heterocycles. The molecule has 1 aliphatic rings. The van der Waals surface area contributed by atoms with Crippen molar-refractivity contribution in [1.29, 1.82) is 5.26 Å². The summed E-state index contributed by atoms with van der Waals surface area (Å²) in [5, 5.41) is 8.82. The van der Waals surface area contributed by atoms with Gasteiger partial charge >= 0.3 is 0 Å². The SMILES string of the molecule is N#Cc1ccc(F)c(COCC2CCCCC2CN)c1. The molecule has 0 aromatic heterocycles. The van der Waals surface area contributed by atoms with E-state index in [4.69, 9.17) is 15.7 Å². The van der Waals surface area contributed by atoms with Gasteiger partial charge in [0.2, 0.25) is 0 Å². The highest BCUT2D eigenvalue weighted by atomic mass is 19.1. The maximum atomic E-state index is 13.6. The molecule has 0 bridgehead atoms. The maximum absolute atomic E-state index is 13.6. The molecular weight excluding hydrogens is 255 g/mol. The second-order valence-electron chi connectivity index (χ2n) is 5.47. The van der Waals surface area contributed by atoms with Gasteiger partial charge in [-0.25, -0.2) is 4.39 Å². The summed E-state index contributed by atoms with van der Waals surface area (Å²) in [4.78, 5) is 0. The minimum absolute atomic E-state index is 0.217. The largest absolute Gasteiger partial charge is 0.376 e. The number of ether oxygens (including phenoxy) is 1. The van der Waals surface area contributed by atoms with Crippen LogP contribution in [-0.2, 0) is 11.3 Å². The maximum Gasteiger partial charge on any atom is 0.128 e. The summed E-state index contributed by atoms with van der Waals surface area (Å²) in [5.41, 5.74) is 6.70. The standard InChI is InChI=1S/C16H21FN2O/c17-16-6-5-12(8-18)7-15(16)11-20-10-14-4-2-1-3-13(14)9-19/h5-7,13-14H,1-4,9-11,19H2. The first kappa shape index (κ1) is 15.0. The average Bonchev–Trinajstić information content (AvgIpc) is 2.49. The van der Waals surface area contributed by atoms with E-state index in [1.165, 1.54) is 31.4 Å². The molecule has 0 radical (unpaired) electrons. The molecule has 1 aromatic carbocycles.